The number of anilines is 1. The molecule has 138 valence electrons. The molecule has 2 heterocycles. The van der Waals surface area contributed by atoms with E-state index < -0.39 is 0 Å². The van der Waals surface area contributed by atoms with Crippen molar-refractivity contribution in [2.45, 2.75) is 33.1 Å². The van der Waals surface area contributed by atoms with Gasteiger partial charge >= 0.3 is 6.03 Å². The molecule has 0 bridgehead atoms. The Bertz CT molecular complexity index is 597. The fourth-order valence-electron chi connectivity index (χ4n) is 3.53. The Labute approximate surface area is 149 Å². The third kappa shape index (κ3) is 5.94. The number of hydrogen-bond donors (Lipinski definition) is 4. The van der Waals surface area contributed by atoms with Crippen LogP contribution >= 0.6 is 0 Å². The van der Waals surface area contributed by atoms with Crippen LogP contribution in [0.25, 0.3) is 0 Å². The number of carbonyl (C=O) groups is 1. The van der Waals surface area contributed by atoms with Crippen molar-refractivity contribution in [1.82, 2.24) is 25.7 Å². The second-order valence-corrected chi connectivity index (χ2v) is 7.07. The number of aromatic amines is 1. The second kappa shape index (κ2) is 9.28. The molecule has 25 heavy (non-hydrogen) atoms. The molecule has 1 aromatic heterocycles. The van der Waals surface area contributed by atoms with E-state index in [-0.39, 0.29) is 11.8 Å². The van der Waals surface area contributed by atoms with Gasteiger partial charge in [-0.25, -0.2) is 4.79 Å². The average molecular weight is 347 g/mol. The number of carbonyl (C=O) groups excluding carboxylic acids is 1. The van der Waals surface area contributed by atoms with Gasteiger partial charge in [-0.1, -0.05) is 13.8 Å². The summed E-state index contributed by atoms with van der Waals surface area (Å²) < 4.78 is 0. The lowest BCUT2D eigenvalue weighted by Crippen LogP contribution is -2.44. The first-order valence-electron chi connectivity index (χ1n) is 8.96. The normalized spacial score (nSPS) is 20.8. The maximum Gasteiger partial charge on any atom is 0.314 e. The molecule has 1 saturated heterocycles. The van der Waals surface area contributed by atoms with Crippen LogP contribution in [0, 0.1) is 23.2 Å². The Kier molecular flexibility index (Phi) is 7.07. The Balaban J connectivity index is 1.57. The number of aromatic nitrogens is 2. The van der Waals surface area contributed by atoms with Gasteiger partial charge in [-0.05, 0) is 31.1 Å². The van der Waals surface area contributed by atoms with Crippen molar-refractivity contribution in [2.24, 2.45) is 11.8 Å². The molecule has 2 atom stereocenters. The molecule has 8 heteroatoms. The highest BCUT2D eigenvalue weighted by Gasteiger charge is 2.21. The van der Waals surface area contributed by atoms with Crippen LogP contribution in [0.5, 0.6) is 0 Å². The van der Waals surface area contributed by atoms with Crippen molar-refractivity contribution in [3.8, 4) is 6.07 Å². The Morgan fingerprint density at radius 3 is 2.72 bits per heavy atom. The van der Waals surface area contributed by atoms with E-state index in [1.54, 1.807) is 0 Å². The van der Waals surface area contributed by atoms with Gasteiger partial charge in [0.15, 0.2) is 5.82 Å². The van der Waals surface area contributed by atoms with Gasteiger partial charge in [-0.3, -0.25) is 5.10 Å². The van der Waals surface area contributed by atoms with Crippen LogP contribution in [0.3, 0.4) is 0 Å². The van der Waals surface area contributed by atoms with Gasteiger partial charge in [-0.15, -0.1) is 0 Å². The lowest BCUT2D eigenvalue weighted by molar-refractivity contribution is 0.142. The van der Waals surface area contributed by atoms with E-state index in [9.17, 15) is 4.79 Å². The minimum absolute atomic E-state index is 0.150. The molecule has 0 radical (unpaired) electrons. The lowest BCUT2D eigenvalue weighted by Gasteiger charge is -2.34. The molecule has 0 aromatic carbocycles. The third-order valence-electron chi connectivity index (χ3n) is 4.53. The van der Waals surface area contributed by atoms with E-state index >= 15 is 0 Å². The monoisotopic (exact) mass is 347 g/mol. The van der Waals surface area contributed by atoms with Crippen LogP contribution in [0.4, 0.5) is 10.6 Å². The standard InChI is InChI=1S/C17H29N7O/c1-12-8-13(2)11-24(10-12)7-6-21-17(25)20-5-3-4-15-14(9-18)16(19)23-22-15/h12-13H,3-8,10-11H2,1-2H3,(H3,19,22,23)(H2,20,21,25)/t12-,13+. The van der Waals surface area contributed by atoms with E-state index in [2.05, 4.69) is 39.6 Å². The highest BCUT2D eigenvalue weighted by molar-refractivity contribution is 5.73. The van der Waals surface area contributed by atoms with Crippen molar-refractivity contribution in [3.63, 3.8) is 0 Å². The zero-order valence-corrected chi connectivity index (χ0v) is 15.1. The molecular weight excluding hydrogens is 318 g/mol. The second-order valence-electron chi connectivity index (χ2n) is 7.07. The predicted octanol–water partition coefficient (Wildman–Crippen LogP) is 1.07. The van der Waals surface area contributed by atoms with E-state index in [0.717, 1.165) is 37.2 Å². The number of hydrogen-bond acceptors (Lipinski definition) is 5. The summed E-state index contributed by atoms with van der Waals surface area (Å²) >= 11 is 0. The number of nitrogens with two attached hydrogens (primary N) is 1. The fourth-order valence-corrected chi connectivity index (χ4v) is 3.53. The molecule has 0 unspecified atom stereocenters. The summed E-state index contributed by atoms with van der Waals surface area (Å²) in [5.74, 6) is 1.68. The smallest absolute Gasteiger partial charge is 0.314 e. The van der Waals surface area contributed by atoms with Crippen molar-refractivity contribution >= 4 is 11.8 Å². The largest absolute Gasteiger partial charge is 0.381 e. The number of urea groups is 1. The van der Waals surface area contributed by atoms with Gasteiger partial charge in [0.25, 0.3) is 0 Å². The first kappa shape index (κ1) is 19.1. The molecule has 2 amide bonds. The summed E-state index contributed by atoms with van der Waals surface area (Å²) in [6.07, 6.45) is 2.63. The van der Waals surface area contributed by atoms with Crippen LogP contribution in [0.15, 0.2) is 0 Å². The maximum absolute atomic E-state index is 11.8. The Hall–Kier alpha value is -2.27. The van der Waals surface area contributed by atoms with Crippen molar-refractivity contribution < 1.29 is 4.79 Å². The molecule has 0 spiro atoms. The number of aryl methyl sites for hydroxylation is 1. The number of amides is 2. The van der Waals surface area contributed by atoms with Gasteiger partial charge < -0.3 is 21.3 Å². The van der Waals surface area contributed by atoms with Gasteiger partial charge in [0.1, 0.15) is 11.6 Å². The van der Waals surface area contributed by atoms with E-state index in [0.29, 0.717) is 31.5 Å². The number of likely N-dealkylation sites (tertiary alicyclic amines) is 1. The molecule has 1 aliphatic rings. The zero-order valence-electron chi connectivity index (χ0n) is 15.1. The van der Waals surface area contributed by atoms with Crippen LogP contribution in [0.2, 0.25) is 0 Å². The summed E-state index contributed by atoms with van der Waals surface area (Å²) in [6, 6.07) is 1.89. The third-order valence-corrected chi connectivity index (χ3v) is 4.53. The first-order chi connectivity index (χ1) is 12.0. The molecule has 2 rings (SSSR count). The summed E-state index contributed by atoms with van der Waals surface area (Å²) in [4.78, 5) is 14.2. The molecule has 1 aliphatic heterocycles. The number of nitrogens with one attached hydrogen (secondary N) is 3. The molecule has 0 aliphatic carbocycles. The number of nitrogens with zero attached hydrogens (tertiary/aromatic N) is 3. The van der Waals surface area contributed by atoms with Gasteiger partial charge in [0.05, 0.1) is 5.69 Å². The van der Waals surface area contributed by atoms with Crippen molar-refractivity contribution in [3.05, 3.63) is 11.3 Å². The molecular formula is C17H29N7O. The summed E-state index contributed by atoms with van der Waals surface area (Å²) in [6.45, 7) is 8.88. The molecule has 1 aromatic rings. The zero-order chi connectivity index (χ0) is 18.2. The Morgan fingerprint density at radius 2 is 2.04 bits per heavy atom. The Morgan fingerprint density at radius 1 is 1.36 bits per heavy atom. The maximum atomic E-state index is 11.8. The van der Waals surface area contributed by atoms with E-state index in [1.807, 2.05) is 6.07 Å². The minimum atomic E-state index is -0.150. The first-order valence-corrected chi connectivity index (χ1v) is 8.96. The molecule has 8 nitrogen and oxygen atoms in total. The minimum Gasteiger partial charge on any atom is -0.381 e. The highest BCUT2D eigenvalue weighted by Crippen LogP contribution is 2.20. The number of rotatable bonds is 7. The van der Waals surface area contributed by atoms with Crippen LogP contribution in [0.1, 0.15) is 37.9 Å². The summed E-state index contributed by atoms with van der Waals surface area (Å²) in [5, 5.41) is 21.3. The topological polar surface area (TPSA) is 123 Å². The van der Waals surface area contributed by atoms with Crippen LogP contribution < -0.4 is 16.4 Å². The van der Waals surface area contributed by atoms with Gasteiger partial charge in [-0.2, -0.15) is 10.4 Å². The number of piperidine rings is 1. The lowest BCUT2D eigenvalue weighted by atomic mass is 9.92. The molecule has 1 fully saturated rings. The molecule has 0 saturated carbocycles. The van der Waals surface area contributed by atoms with Crippen LogP contribution in [-0.2, 0) is 6.42 Å². The fraction of sp³-hybridized carbons (Fsp3) is 0.706. The summed E-state index contributed by atoms with van der Waals surface area (Å²) in [7, 11) is 0. The van der Waals surface area contributed by atoms with E-state index in [1.165, 1.54) is 6.42 Å². The SMILES string of the molecule is C[C@@H]1C[C@H](C)CN(CCNC(=O)NCCCc2[nH]nc(N)c2C#N)C1. The van der Waals surface area contributed by atoms with Gasteiger partial charge in [0, 0.05) is 32.7 Å². The summed E-state index contributed by atoms with van der Waals surface area (Å²) in [5.41, 5.74) is 6.70. The van der Waals surface area contributed by atoms with Gasteiger partial charge in [0.2, 0.25) is 0 Å². The quantitative estimate of drug-likeness (QED) is 0.550. The highest BCUT2D eigenvalue weighted by atomic mass is 16.2. The van der Waals surface area contributed by atoms with Crippen LogP contribution in [-0.4, -0.2) is 53.9 Å². The van der Waals surface area contributed by atoms with Crippen molar-refractivity contribution in [1.29, 1.82) is 5.26 Å². The number of H-pyrrole nitrogens is 1. The average Bonchev–Trinajstić information content (AvgIpc) is 2.90. The number of nitriles is 1. The number of nitrogen functional groups attached to an aromatic ring is 1. The molecule has 5 N–H and O–H groups in total. The predicted molar refractivity (Wildman–Crippen MR) is 96.8 cm³/mol. The van der Waals surface area contributed by atoms with Crippen molar-refractivity contribution in [2.75, 3.05) is 38.5 Å². The van der Waals surface area contributed by atoms with E-state index in [4.69, 9.17) is 11.0 Å².